The van der Waals surface area contributed by atoms with Crippen molar-refractivity contribution in [2.45, 2.75) is 13.8 Å². The van der Waals surface area contributed by atoms with Gasteiger partial charge < -0.3 is 10.1 Å². The number of benzene rings is 1. The molecule has 0 aliphatic heterocycles. The highest BCUT2D eigenvalue weighted by Crippen LogP contribution is 2.32. The third-order valence-electron chi connectivity index (χ3n) is 2.82. The molecule has 0 aliphatic rings. The van der Waals surface area contributed by atoms with Gasteiger partial charge in [0.05, 0.1) is 12.8 Å². The second-order valence-electron chi connectivity index (χ2n) is 4.22. The quantitative estimate of drug-likeness (QED) is 0.900. The minimum absolute atomic E-state index is 0.752. The van der Waals surface area contributed by atoms with Gasteiger partial charge in [0.2, 0.25) is 0 Å². The molecule has 0 amide bonds. The van der Waals surface area contributed by atoms with E-state index >= 15 is 0 Å². The SMILES string of the molecule is CNc1ccc(-c2cc(C)cc(C)c2OC)nn1. The summed E-state index contributed by atoms with van der Waals surface area (Å²) in [6, 6.07) is 8.00. The average molecular weight is 243 g/mol. The summed E-state index contributed by atoms with van der Waals surface area (Å²) in [4.78, 5) is 0. The van der Waals surface area contributed by atoms with Gasteiger partial charge in [-0.05, 0) is 43.2 Å². The normalized spacial score (nSPS) is 10.2. The second-order valence-corrected chi connectivity index (χ2v) is 4.22. The monoisotopic (exact) mass is 243 g/mol. The smallest absolute Gasteiger partial charge is 0.148 e. The topological polar surface area (TPSA) is 47.0 Å². The molecule has 18 heavy (non-hydrogen) atoms. The third kappa shape index (κ3) is 2.27. The molecule has 2 aromatic rings. The van der Waals surface area contributed by atoms with E-state index in [1.807, 2.05) is 26.1 Å². The van der Waals surface area contributed by atoms with Crippen molar-refractivity contribution in [3.8, 4) is 17.0 Å². The summed E-state index contributed by atoms with van der Waals surface area (Å²) in [7, 11) is 3.50. The molecule has 0 atom stereocenters. The van der Waals surface area contributed by atoms with Crippen molar-refractivity contribution in [1.29, 1.82) is 0 Å². The number of aryl methyl sites for hydroxylation is 2. The van der Waals surface area contributed by atoms with E-state index < -0.39 is 0 Å². The Balaban J connectivity index is 2.54. The summed E-state index contributed by atoms with van der Waals surface area (Å²) in [5.41, 5.74) is 4.08. The van der Waals surface area contributed by atoms with Gasteiger partial charge in [0.25, 0.3) is 0 Å². The molecule has 0 unspecified atom stereocenters. The van der Waals surface area contributed by atoms with Crippen LogP contribution in [0.5, 0.6) is 5.75 Å². The Labute approximate surface area is 107 Å². The van der Waals surface area contributed by atoms with E-state index in [1.165, 1.54) is 5.56 Å². The average Bonchev–Trinajstić information content (AvgIpc) is 2.38. The number of hydrogen-bond acceptors (Lipinski definition) is 4. The number of rotatable bonds is 3. The van der Waals surface area contributed by atoms with Gasteiger partial charge >= 0.3 is 0 Å². The first-order chi connectivity index (χ1) is 8.65. The van der Waals surface area contributed by atoms with Crippen molar-refractivity contribution in [1.82, 2.24) is 10.2 Å². The van der Waals surface area contributed by atoms with Crippen LogP contribution in [0.1, 0.15) is 11.1 Å². The van der Waals surface area contributed by atoms with E-state index in [2.05, 4.69) is 34.6 Å². The number of nitrogens with zero attached hydrogens (tertiary/aromatic N) is 2. The summed E-state index contributed by atoms with van der Waals surface area (Å²) in [6.45, 7) is 4.09. The van der Waals surface area contributed by atoms with Crippen LogP contribution in [-0.2, 0) is 0 Å². The van der Waals surface area contributed by atoms with Gasteiger partial charge in [-0.1, -0.05) is 6.07 Å². The second kappa shape index (κ2) is 5.04. The molecule has 0 radical (unpaired) electrons. The Hall–Kier alpha value is -2.10. The Morgan fingerprint density at radius 3 is 2.44 bits per heavy atom. The van der Waals surface area contributed by atoms with Crippen LogP contribution in [0.25, 0.3) is 11.3 Å². The van der Waals surface area contributed by atoms with Crippen LogP contribution in [0, 0.1) is 13.8 Å². The zero-order chi connectivity index (χ0) is 13.1. The van der Waals surface area contributed by atoms with Gasteiger partial charge in [0.1, 0.15) is 11.6 Å². The van der Waals surface area contributed by atoms with Gasteiger partial charge in [-0.3, -0.25) is 0 Å². The molecule has 2 rings (SSSR count). The molecule has 4 heteroatoms. The first-order valence-corrected chi connectivity index (χ1v) is 5.82. The maximum absolute atomic E-state index is 5.46. The first-order valence-electron chi connectivity index (χ1n) is 5.82. The molecule has 0 spiro atoms. The van der Waals surface area contributed by atoms with Crippen molar-refractivity contribution in [3.05, 3.63) is 35.4 Å². The number of methoxy groups -OCH3 is 1. The summed E-state index contributed by atoms with van der Waals surface area (Å²) in [5, 5.41) is 11.3. The molecule has 1 aromatic carbocycles. The number of ether oxygens (including phenoxy) is 1. The maximum atomic E-state index is 5.46. The largest absolute Gasteiger partial charge is 0.496 e. The fraction of sp³-hybridized carbons (Fsp3) is 0.286. The predicted molar refractivity (Wildman–Crippen MR) is 73.0 cm³/mol. The maximum Gasteiger partial charge on any atom is 0.148 e. The molecule has 0 fully saturated rings. The molecule has 94 valence electrons. The predicted octanol–water partition coefficient (Wildman–Crippen LogP) is 2.81. The van der Waals surface area contributed by atoms with Crippen molar-refractivity contribution in [2.75, 3.05) is 19.5 Å². The molecule has 0 saturated carbocycles. The summed E-state index contributed by atoms with van der Waals surface area (Å²) < 4.78 is 5.46. The van der Waals surface area contributed by atoms with E-state index in [1.54, 1.807) is 7.11 Å². The Morgan fingerprint density at radius 1 is 1.11 bits per heavy atom. The van der Waals surface area contributed by atoms with Crippen molar-refractivity contribution >= 4 is 5.82 Å². The van der Waals surface area contributed by atoms with Gasteiger partial charge in [-0.25, -0.2) is 0 Å². The molecule has 1 N–H and O–H groups in total. The Morgan fingerprint density at radius 2 is 1.89 bits per heavy atom. The summed E-state index contributed by atoms with van der Waals surface area (Å²) in [6.07, 6.45) is 0. The van der Waals surface area contributed by atoms with Crippen LogP contribution in [0.4, 0.5) is 5.82 Å². The van der Waals surface area contributed by atoms with Crippen LogP contribution in [0.2, 0.25) is 0 Å². The van der Waals surface area contributed by atoms with Crippen LogP contribution < -0.4 is 10.1 Å². The lowest BCUT2D eigenvalue weighted by Gasteiger charge is -2.12. The van der Waals surface area contributed by atoms with Crippen molar-refractivity contribution in [2.24, 2.45) is 0 Å². The zero-order valence-electron chi connectivity index (χ0n) is 11.1. The Bertz CT molecular complexity index is 550. The fourth-order valence-corrected chi connectivity index (χ4v) is 2.02. The van der Waals surface area contributed by atoms with Crippen LogP contribution in [-0.4, -0.2) is 24.4 Å². The van der Waals surface area contributed by atoms with Gasteiger partial charge in [-0.15, -0.1) is 10.2 Å². The molecule has 0 aliphatic carbocycles. The van der Waals surface area contributed by atoms with Gasteiger partial charge in [0, 0.05) is 12.6 Å². The Kier molecular flexibility index (Phi) is 3.46. The lowest BCUT2D eigenvalue weighted by atomic mass is 10.0. The summed E-state index contributed by atoms with van der Waals surface area (Å²) in [5.74, 6) is 1.61. The number of hydrogen-bond donors (Lipinski definition) is 1. The molecule has 0 bridgehead atoms. The first kappa shape index (κ1) is 12.4. The lowest BCUT2D eigenvalue weighted by Crippen LogP contribution is -1.98. The molecule has 1 aromatic heterocycles. The number of anilines is 1. The summed E-state index contributed by atoms with van der Waals surface area (Å²) >= 11 is 0. The minimum Gasteiger partial charge on any atom is -0.496 e. The number of aromatic nitrogens is 2. The number of nitrogens with one attached hydrogen (secondary N) is 1. The molecular weight excluding hydrogens is 226 g/mol. The van der Waals surface area contributed by atoms with E-state index in [4.69, 9.17) is 4.74 Å². The van der Waals surface area contributed by atoms with Crippen molar-refractivity contribution in [3.63, 3.8) is 0 Å². The van der Waals surface area contributed by atoms with E-state index in [9.17, 15) is 0 Å². The van der Waals surface area contributed by atoms with Crippen LogP contribution in [0.15, 0.2) is 24.3 Å². The molecule has 1 heterocycles. The minimum atomic E-state index is 0.752. The highest BCUT2D eigenvalue weighted by Gasteiger charge is 2.11. The van der Waals surface area contributed by atoms with E-state index in [0.29, 0.717) is 0 Å². The molecule has 0 saturated heterocycles. The molecule has 4 nitrogen and oxygen atoms in total. The van der Waals surface area contributed by atoms with Crippen LogP contribution >= 0.6 is 0 Å². The van der Waals surface area contributed by atoms with Gasteiger partial charge in [0.15, 0.2) is 0 Å². The van der Waals surface area contributed by atoms with Crippen LogP contribution in [0.3, 0.4) is 0 Å². The lowest BCUT2D eigenvalue weighted by molar-refractivity contribution is 0.413. The van der Waals surface area contributed by atoms with E-state index in [0.717, 1.165) is 28.4 Å². The third-order valence-corrected chi connectivity index (χ3v) is 2.82. The van der Waals surface area contributed by atoms with E-state index in [-0.39, 0.29) is 0 Å². The fourth-order valence-electron chi connectivity index (χ4n) is 2.02. The van der Waals surface area contributed by atoms with Crippen molar-refractivity contribution < 1.29 is 4.74 Å². The highest BCUT2D eigenvalue weighted by atomic mass is 16.5. The highest BCUT2D eigenvalue weighted by molar-refractivity contribution is 5.70. The standard InChI is InChI=1S/C14H17N3O/c1-9-7-10(2)14(18-4)11(8-9)12-5-6-13(15-3)17-16-12/h5-8H,1-4H3,(H,15,17). The molecular formula is C14H17N3O. The zero-order valence-corrected chi connectivity index (χ0v) is 11.1. The van der Waals surface area contributed by atoms with Gasteiger partial charge in [-0.2, -0.15) is 0 Å².